The summed E-state index contributed by atoms with van der Waals surface area (Å²) in [6, 6.07) is 0. The highest BCUT2D eigenvalue weighted by molar-refractivity contribution is 5.83. The van der Waals surface area contributed by atoms with E-state index >= 15 is 0 Å². The minimum absolute atomic E-state index is 0.182. The highest BCUT2D eigenvalue weighted by atomic mass is 16.5. The highest BCUT2D eigenvalue weighted by Crippen LogP contribution is 2.26. The molecule has 1 aliphatic rings. The average molecular weight is 296 g/mol. The number of carbonyl (C=O) groups is 3. The van der Waals surface area contributed by atoms with Crippen LogP contribution in [0.5, 0.6) is 0 Å². The number of hydrogen-bond acceptors (Lipinski definition) is 5. The number of allylic oxidation sites excluding steroid dienone is 1. The molecule has 21 heavy (non-hydrogen) atoms. The Hall–Kier alpha value is -2.11. The van der Waals surface area contributed by atoms with Crippen molar-refractivity contribution < 1.29 is 29.0 Å². The molecule has 1 aliphatic carbocycles. The van der Waals surface area contributed by atoms with Gasteiger partial charge in [0, 0.05) is 6.08 Å². The molecule has 0 heterocycles. The van der Waals surface area contributed by atoms with Crippen molar-refractivity contribution in [3.63, 3.8) is 0 Å². The first-order valence-corrected chi connectivity index (χ1v) is 6.91. The van der Waals surface area contributed by atoms with Crippen molar-refractivity contribution in [2.45, 2.75) is 25.7 Å². The van der Waals surface area contributed by atoms with Gasteiger partial charge in [-0.3, -0.25) is 9.59 Å². The summed E-state index contributed by atoms with van der Waals surface area (Å²) in [5.74, 6) is -3.39. The van der Waals surface area contributed by atoms with E-state index in [1.807, 2.05) is 0 Å². The first-order valence-electron chi connectivity index (χ1n) is 6.91. The molecule has 0 bridgehead atoms. The van der Waals surface area contributed by atoms with Crippen molar-refractivity contribution in [3.05, 3.63) is 24.8 Å². The van der Waals surface area contributed by atoms with E-state index in [4.69, 9.17) is 14.6 Å². The number of ether oxygens (including phenoxy) is 2. The van der Waals surface area contributed by atoms with Gasteiger partial charge in [-0.05, 0) is 25.7 Å². The van der Waals surface area contributed by atoms with E-state index in [-0.39, 0.29) is 13.2 Å². The lowest BCUT2D eigenvalue weighted by atomic mass is 9.84. The second-order valence-corrected chi connectivity index (χ2v) is 4.72. The Morgan fingerprint density at radius 1 is 1.24 bits per heavy atom. The molecule has 0 aromatic carbocycles. The van der Waals surface area contributed by atoms with Gasteiger partial charge in [0.05, 0.1) is 25.0 Å². The van der Waals surface area contributed by atoms with Gasteiger partial charge in [-0.25, -0.2) is 4.79 Å². The zero-order chi connectivity index (χ0) is 15.7. The normalized spacial score (nSPS) is 20.6. The number of hydrogen-bond donors (Lipinski definition) is 1. The van der Waals surface area contributed by atoms with Crippen LogP contribution in [0.3, 0.4) is 0 Å². The Bertz CT molecular complexity index is 426. The second-order valence-electron chi connectivity index (χ2n) is 4.72. The number of rotatable bonds is 8. The van der Waals surface area contributed by atoms with Crippen LogP contribution in [0.1, 0.15) is 25.7 Å². The van der Waals surface area contributed by atoms with Crippen LogP contribution in [0.25, 0.3) is 0 Å². The van der Waals surface area contributed by atoms with Gasteiger partial charge in [-0.2, -0.15) is 0 Å². The number of unbranched alkanes of at least 4 members (excludes halogenated alkanes) is 1. The van der Waals surface area contributed by atoms with Crippen molar-refractivity contribution in [3.8, 4) is 0 Å². The molecule has 2 atom stereocenters. The Labute approximate surface area is 123 Å². The molecule has 1 rings (SSSR count). The molecule has 0 spiro atoms. The molecule has 6 heteroatoms. The van der Waals surface area contributed by atoms with E-state index in [2.05, 4.69) is 6.58 Å². The average Bonchev–Trinajstić information content (AvgIpc) is 2.50. The smallest absolute Gasteiger partial charge is 0.330 e. The minimum atomic E-state index is -0.974. The van der Waals surface area contributed by atoms with Crippen molar-refractivity contribution in [1.29, 1.82) is 0 Å². The van der Waals surface area contributed by atoms with E-state index < -0.39 is 29.7 Å². The summed E-state index contributed by atoms with van der Waals surface area (Å²) in [6.45, 7) is 3.69. The molecule has 0 saturated carbocycles. The molecule has 0 saturated heterocycles. The fourth-order valence-electron chi connectivity index (χ4n) is 2.06. The molecule has 0 aliphatic heterocycles. The molecule has 0 amide bonds. The van der Waals surface area contributed by atoms with E-state index in [1.165, 1.54) is 0 Å². The van der Waals surface area contributed by atoms with E-state index in [1.54, 1.807) is 12.2 Å². The molecule has 0 radical (unpaired) electrons. The maximum absolute atomic E-state index is 11.9. The molecule has 116 valence electrons. The van der Waals surface area contributed by atoms with Crippen molar-refractivity contribution in [2.75, 3.05) is 13.2 Å². The van der Waals surface area contributed by atoms with Crippen molar-refractivity contribution in [1.82, 2.24) is 0 Å². The third kappa shape index (κ3) is 5.81. The lowest BCUT2D eigenvalue weighted by Gasteiger charge is -2.22. The summed E-state index contributed by atoms with van der Waals surface area (Å²) in [7, 11) is 0. The zero-order valence-corrected chi connectivity index (χ0v) is 11.8. The SMILES string of the molecule is C=CC(=O)OCCCCOC(=O)C1C=CCCC1C(=O)O. The number of carbonyl (C=O) groups excluding carboxylic acids is 2. The van der Waals surface area contributed by atoms with Gasteiger partial charge in [-0.1, -0.05) is 18.7 Å². The van der Waals surface area contributed by atoms with Crippen LogP contribution >= 0.6 is 0 Å². The van der Waals surface area contributed by atoms with E-state index in [9.17, 15) is 14.4 Å². The van der Waals surface area contributed by atoms with E-state index in [0.29, 0.717) is 25.7 Å². The van der Waals surface area contributed by atoms with Gasteiger partial charge in [0.1, 0.15) is 0 Å². The first-order chi connectivity index (χ1) is 10.1. The number of carboxylic acids is 1. The van der Waals surface area contributed by atoms with Crippen LogP contribution in [0.4, 0.5) is 0 Å². The summed E-state index contributed by atoms with van der Waals surface area (Å²) in [5, 5.41) is 9.08. The number of esters is 2. The Balaban J connectivity index is 2.25. The monoisotopic (exact) mass is 296 g/mol. The molecular weight excluding hydrogens is 276 g/mol. The lowest BCUT2D eigenvalue weighted by Crippen LogP contribution is -2.31. The largest absolute Gasteiger partial charge is 0.481 e. The van der Waals surface area contributed by atoms with Gasteiger partial charge in [-0.15, -0.1) is 0 Å². The van der Waals surface area contributed by atoms with Crippen LogP contribution in [0.2, 0.25) is 0 Å². The summed E-state index contributed by atoms with van der Waals surface area (Å²) < 4.78 is 9.86. The van der Waals surface area contributed by atoms with Gasteiger partial charge < -0.3 is 14.6 Å². The minimum Gasteiger partial charge on any atom is -0.481 e. The summed E-state index contributed by atoms with van der Waals surface area (Å²) >= 11 is 0. The zero-order valence-electron chi connectivity index (χ0n) is 11.8. The van der Waals surface area contributed by atoms with E-state index in [0.717, 1.165) is 6.08 Å². The first kappa shape index (κ1) is 16.9. The predicted octanol–water partition coefficient (Wildman–Crippen LogP) is 1.71. The molecule has 0 fully saturated rings. The maximum Gasteiger partial charge on any atom is 0.330 e. The number of aliphatic carboxylic acids is 1. The van der Waals surface area contributed by atoms with Crippen LogP contribution in [-0.4, -0.2) is 36.2 Å². The maximum atomic E-state index is 11.9. The molecular formula is C15H20O6. The summed E-state index contributed by atoms with van der Waals surface area (Å²) in [4.78, 5) is 33.7. The topological polar surface area (TPSA) is 89.9 Å². The third-order valence-electron chi connectivity index (χ3n) is 3.20. The van der Waals surface area contributed by atoms with Crippen molar-refractivity contribution >= 4 is 17.9 Å². The molecule has 1 N–H and O–H groups in total. The Morgan fingerprint density at radius 2 is 1.90 bits per heavy atom. The fraction of sp³-hybridized carbons (Fsp3) is 0.533. The molecule has 0 aromatic heterocycles. The summed E-state index contributed by atoms with van der Waals surface area (Å²) in [6.07, 6.45) is 6.72. The number of carboxylic acid groups (broad SMARTS) is 1. The predicted molar refractivity (Wildman–Crippen MR) is 74.3 cm³/mol. The third-order valence-corrected chi connectivity index (χ3v) is 3.20. The summed E-state index contributed by atoms with van der Waals surface area (Å²) in [5.41, 5.74) is 0. The lowest BCUT2D eigenvalue weighted by molar-refractivity contribution is -0.156. The molecule has 2 unspecified atom stereocenters. The Kier molecular flexibility index (Phi) is 7.21. The fourth-order valence-corrected chi connectivity index (χ4v) is 2.06. The van der Waals surface area contributed by atoms with Gasteiger partial charge >= 0.3 is 17.9 Å². The highest BCUT2D eigenvalue weighted by Gasteiger charge is 2.34. The molecule has 6 nitrogen and oxygen atoms in total. The standard InChI is InChI=1S/C15H20O6/c1-2-13(16)20-9-5-6-10-21-15(19)12-8-4-3-7-11(12)14(17)18/h2,4,8,11-12H,1,3,5-7,9-10H2,(H,17,18). The molecule has 0 aromatic rings. The second kappa shape index (κ2) is 8.94. The van der Waals surface area contributed by atoms with Gasteiger partial charge in [0.2, 0.25) is 0 Å². The van der Waals surface area contributed by atoms with Crippen LogP contribution in [-0.2, 0) is 23.9 Å². The quantitative estimate of drug-likeness (QED) is 0.317. The van der Waals surface area contributed by atoms with Gasteiger partial charge in [0.15, 0.2) is 0 Å². The van der Waals surface area contributed by atoms with Crippen LogP contribution in [0, 0.1) is 11.8 Å². The van der Waals surface area contributed by atoms with Gasteiger partial charge in [0.25, 0.3) is 0 Å². The van der Waals surface area contributed by atoms with Crippen LogP contribution < -0.4 is 0 Å². The Morgan fingerprint density at radius 3 is 2.52 bits per heavy atom. The van der Waals surface area contributed by atoms with Crippen molar-refractivity contribution in [2.24, 2.45) is 11.8 Å². The van der Waals surface area contributed by atoms with Crippen LogP contribution in [0.15, 0.2) is 24.8 Å².